The van der Waals surface area contributed by atoms with Gasteiger partial charge in [0.25, 0.3) is 0 Å². The van der Waals surface area contributed by atoms with Crippen molar-refractivity contribution < 1.29 is 10.0 Å². The highest BCUT2D eigenvalue weighted by molar-refractivity contribution is 6.06. The quantitative estimate of drug-likeness (QED) is 0.340. The van der Waals surface area contributed by atoms with Gasteiger partial charge in [-0.05, 0) is 32.6 Å². The second-order valence-electron chi connectivity index (χ2n) is 5.66. The predicted molar refractivity (Wildman–Crippen MR) is 80.7 cm³/mol. The van der Waals surface area contributed by atoms with Gasteiger partial charge >= 0.3 is 0 Å². The minimum absolute atomic E-state index is 0.0206. The van der Waals surface area contributed by atoms with E-state index in [1.165, 1.54) is 19.3 Å². The first-order valence-electron chi connectivity index (χ1n) is 7.86. The van der Waals surface area contributed by atoms with E-state index in [2.05, 4.69) is 5.16 Å². The van der Waals surface area contributed by atoms with Crippen LogP contribution in [-0.4, -0.2) is 34.4 Å². The molecule has 0 bridgehead atoms. The van der Waals surface area contributed by atoms with Crippen molar-refractivity contribution in [2.24, 2.45) is 16.3 Å². The van der Waals surface area contributed by atoms with Gasteiger partial charge in [-0.2, -0.15) is 0 Å². The summed E-state index contributed by atoms with van der Waals surface area (Å²) in [7, 11) is 0. The molecular weight excluding hydrogens is 254 g/mol. The normalized spacial score (nSPS) is 18.1. The summed E-state index contributed by atoms with van der Waals surface area (Å²) >= 11 is 0. The van der Waals surface area contributed by atoms with Gasteiger partial charge in [0, 0.05) is 12.6 Å². The highest BCUT2D eigenvalue weighted by atomic mass is 16.4. The lowest BCUT2D eigenvalue weighted by atomic mass is 9.78. The Balaban J connectivity index is 3.02. The minimum atomic E-state index is -0.859. The summed E-state index contributed by atoms with van der Waals surface area (Å²) in [6.07, 6.45) is 6.88. The Morgan fingerprint density at radius 2 is 1.80 bits per heavy atom. The third kappa shape index (κ3) is 3.07. The molecule has 0 heterocycles. The smallest absolute Gasteiger partial charge is 0.236 e. The van der Waals surface area contributed by atoms with Crippen molar-refractivity contribution in [1.82, 2.24) is 4.90 Å². The second-order valence-corrected chi connectivity index (χ2v) is 5.66. The van der Waals surface area contributed by atoms with Crippen LogP contribution in [0.2, 0.25) is 0 Å². The number of carbonyl (C=O) groups excluding carboxylic acids is 1. The number of nitrogens with zero attached hydrogens (tertiary/aromatic N) is 2. The van der Waals surface area contributed by atoms with E-state index in [1.54, 1.807) is 0 Å². The van der Waals surface area contributed by atoms with E-state index in [-0.39, 0.29) is 11.7 Å². The summed E-state index contributed by atoms with van der Waals surface area (Å²) < 4.78 is 0. The average Bonchev–Trinajstić information content (AvgIpc) is 2.50. The van der Waals surface area contributed by atoms with Crippen LogP contribution in [-0.2, 0) is 4.79 Å². The zero-order valence-electron chi connectivity index (χ0n) is 13.1. The van der Waals surface area contributed by atoms with Crippen LogP contribution in [0.3, 0.4) is 0 Å². The molecule has 1 aliphatic carbocycles. The molecule has 0 spiro atoms. The van der Waals surface area contributed by atoms with E-state index in [0.29, 0.717) is 25.4 Å². The highest BCUT2D eigenvalue weighted by Crippen LogP contribution is 2.32. The molecule has 5 heteroatoms. The van der Waals surface area contributed by atoms with Gasteiger partial charge < -0.3 is 15.8 Å². The number of carbonyl (C=O) groups is 1. The van der Waals surface area contributed by atoms with Gasteiger partial charge in [-0.25, -0.2) is 0 Å². The van der Waals surface area contributed by atoms with E-state index in [4.69, 9.17) is 10.9 Å². The molecule has 0 atom stereocenters. The summed E-state index contributed by atoms with van der Waals surface area (Å²) in [4.78, 5) is 15.0. The van der Waals surface area contributed by atoms with E-state index in [1.807, 2.05) is 25.7 Å². The van der Waals surface area contributed by atoms with Crippen LogP contribution in [0.25, 0.3) is 0 Å². The maximum Gasteiger partial charge on any atom is 0.236 e. The Bertz CT molecular complexity index is 345. The van der Waals surface area contributed by atoms with Crippen LogP contribution in [0.15, 0.2) is 5.16 Å². The number of rotatable bonds is 6. The molecule has 1 amide bonds. The minimum Gasteiger partial charge on any atom is -0.409 e. The first-order valence-corrected chi connectivity index (χ1v) is 7.86. The van der Waals surface area contributed by atoms with Crippen molar-refractivity contribution in [3.8, 4) is 0 Å². The number of hydrogen-bond acceptors (Lipinski definition) is 3. The van der Waals surface area contributed by atoms with Crippen LogP contribution >= 0.6 is 0 Å². The molecule has 0 unspecified atom stereocenters. The first-order chi connectivity index (χ1) is 9.57. The van der Waals surface area contributed by atoms with Gasteiger partial charge in [0.2, 0.25) is 5.91 Å². The average molecular weight is 283 g/mol. The number of amides is 1. The molecule has 1 aliphatic rings. The Morgan fingerprint density at radius 1 is 1.25 bits per heavy atom. The van der Waals surface area contributed by atoms with Crippen molar-refractivity contribution in [1.29, 1.82) is 0 Å². The lowest BCUT2D eigenvalue weighted by Gasteiger charge is -2.40. The maximum atomic E-state index is 13.0. The largest absolute Gasteiger partial charge is 0.409 e. The molecule has 0 saturated heterocycles. The fraction of sp³-hybridized carbons (Fsp3) is 0.867. The van der Waals surface area contributed by atoms with Gasteiger partial charge in [0.1, 0.15) is 5.41 Å². The molecule has 116 valence electrons. The van der Waals surface area contributed by atoms with Gasteiger partial charge in [-0.15, -0.1) is 0 Å². The molecule has 1 fully saturated rings. The molecule has 0 radical (unpaired) electrons. The molecule has 0 aliphatic heterocycles. The zero-order valence-corrected chi connectivity index (χ0v) is 13.1. The number of hydrogen-bond donors (Lipinski definition) is 2. The van der Waals surface area contributed by atoms with Crippen LogP contribution < -0.4 is 5.73 Å². The Kier molecular flexibility index (Phi) is 6.30. The molecule has 5 nitrogen and oxygen atoms in total. The van der Waals surface area contributed by atoms with Gasteiger partial charge in [-0.3, -0.25) is 4.79 Å². The topological polar surface area (TPSA) is 78.9 Å². The molecule has 0 aromatic heterocycles. The summed E-state index contributed by atoms with van der Waals surface area (Å²) in [5.74, 6) is 0.0639. The summed E-state index contributed by atoms with van der Waals surface area (Å²) in [6, 6.07) is 0.310. The van der Waals surface area contributed by atoms with Gasteiger partial charge in [0.15, 0.2) is 5.84 Å². The molecule has 0 aromatic rings. The van der Waals surface area contributed by atoms with Crippen molar-refractivity contribution in [2.75, 3.05) is 6.54 Å². The Hall–Kier alpha value is -1.26. The molecule has 1 saturated carbocycles. The Morgan fingerprint density at radius 3 is 2.20 bits per heavy atom. The number of amidine groups is 1. The van der Waals surface area contributed by atoms with Gasteiger partial charge in [0.05, 0.1) is 0 Å². The van der Waals surface area contributed by atoms with Crippen LogP contribution in [0.1, 0.15) is 65.7 Å². The molecule has 0 aromatic carbocycles. The van der Waals surface area contributed by atoms with E-state index < -0.39 is 5.41 Å². The molecule has 1 rings (SSSR count). The third-order valence-electron chi connectivity index (χ3n) is 4.83. The highest BCUT2D eigenvalue weighted by Gasteiger charge is 2.43. The zero-order chi connectivity index (χ0) is 15.2. The summed E-state index contributed by atoms with van der Waals surface area (Å²) in [5, 5.41) is 12.2. The van der Waals surface area contributed by atoms with Crippen molar-refractivity contribution >= 4 is 11.7 Å². The molecule has 3 N–H and O–H groups in total. The van der Waals surface area contributed by atoms with Crippen molar-refractivity contribution in [3.05, 3.63) is 0 Å². The van der Waals surface area contributed by atoms with Gasteiger partial charge in [-0.1, -0.05) is 38.3 Å². The maximum absolute atomic E-state index is 13.0. The van der Waals surface area contributed by atoms with Crippen LogP contribution in [0.5, 0.6) is 0 Å². The lowest BCUT2D eigenvalue weighted by molar-refractivity contribution is -0.141. The fourth-order valence-electron chi connectivity index (χ4n) is 3.36. The fourth-order valence-corrected chi connectivity index (χ4v) is 3.36. The van der Waals surface area contributed by atoms with Crippen molar-refractivity contribution in [3.63, 3.8) is 0 Å². The number of oxime groups is 1. The monoisotopic (exact) mass is 283 g/mol. The standard InChI is InChI=1S/C15H29N3O2/c1-4-15(5-2,13(16)17-20)14(19)18(6-3)12-10-8-7-9-11-12/h12,20H,4-11H2,1-3H3,(H2,16,17). The predicted octanol–water partition coefficient (Wildman–Crippen LogP) is 2.72. The third-order valence-corrected chi connectivity index (χ3v) is 4.83. The van der Waals surface area contributed by atoms with E-state index in [0.717, 1.165) is 12.8 Å². The Labute approximate surface area is 122 Å². The van der Waals surface area contributed by atoms with Crippen LogP contribution in [0.4, 0.5) is 0 Å². The molecular formula is C15H29N3O2. The number of nitrogens with two attached hydrogens (primary N) is 1. The van der Waals surface area contributed by atoms with Crippen LogP contribution in [0, 0.1) is 5.41 Å². The molecule has 20 heavy (non-hydrogen) atoms. The van der Waals surface area contributed by atoms with E-state index >= 15 is 0 Å². The first kappa shape index (κ1) is 16.8. The summed E-state index contributed by atoms with van der Waals surface area (Å²) in [5.41, 5.74) is 4.99. The SMILES string of the molecule is CCN(C(=O)C(CC)(CC)C(N)=NO)C1CCCCC1. The summed E-state index contributed by atoms with van der Waals surface area (Å²) in [6.45, 7) is 6.54. The second kappa shape index (κ2) is 7.50. The van der Waals surface area contributed by atoms with E-state index in [9.17, 15) is 4.79 Å². The lowest BCUT2D eigenvalue weighted by Crippen LogP contribution is -2.54. The van der Waals surface area contributed by atoms with Crippen molar-refractivity contribution in [2.45, 2.75) is 71.8 Å².